The average Bonchev–Trinajstić information content (AvgIpc) is 2.41. The van der Waals surface area contributed by atoms with Gasteiger partial charge in [0.2, 0.25) is 0 Å². The predicted octanol–water partition coefficient (Wildman–Crippen LogP) is 1.16. The summed E-state index contributed by atoms with van der Waals surface area (Å²) in [5, 5.41) is 3.69. The molecule has 0 aliphatic carbocycles. The first-order chi connectivity index (χ1) is 10.2. The highest BCUT2D eigenvalue weighted by Gasteiger charge is 2.23. The summed E-state index contributed by atoms with van der Waals surface area (Å²) in [7, 11) is 2.01. The minimum absolute atomic E-state index is 0.128. The highest BCUT2D eigenvalue weighted by molar-refractivity contribution is 6.68. The van der Waals surface area contributed by atoms with Crippen LogP contribution in [0.4, 0.5) is 0 Å². The molecule has 110 valence electrons. The zero-order chi connectivity index (χ0) is 14.8. The van der Waals surface area contributed by atoms with Crippen LogP contribution in [-0.2, 0) is 0 Å². The van der Waals surface area contributed by atoms with Gasteiger partial charge >= 0.3 is 0 Å². The Hall–Kier alpha value is -1.85. The van der Waals surface area contributed by atoms with Gasteiger partial charge in [0.05, 0.1) is 17.8 Å². The van der Waals surface area contributed by atoms with Gasteiger partial charge in [-0.15, -0.1) is 0 Å². The standard InChI is InChI=1S/C15H18ClN5/c1-21-9-10(4-13-14(21)2-3-15(16)20-13)11(5-17)6-19-12-7-18-8-12/h2-6,9,12,14,18H,7-8,17H2,1H3. The number of fused-ring (bicyclic) bond motifs is 1. The Kier molecular flexibility index (Phi) is 3.94. The molecule has 0 aromatic rings. The van der Waals surface area contributed by atoms with Crippen LogP contribution in [0.2, 0.25) is 0 Å². The van der Waals surface area contributed by atoms with Crippen LogP contribution in [0.5, 0.6) is 0 Å². The van der Waals surface area contributed by atoms with Crippen LogP contribution in [0.3, 0.4) is 0 Å². The summed E-state index contributed by atoms with van der Waals surface area (Å²) in [5.41, 5.74) is 8.55. The van der Waals surface area contributed by atoms with Crippen molar-refractivity contribution in [3.05, 3.63) is 47.5 Å². The molecule has 0 aromatic heterocycles. The van der Waals surface area contributed by atoms with E-state index in [1.54, 1.807) is 6.20 Å². The second-order valence-electron chi connectivity index (χ2n) is 5.27. The molecule has 0 spiro atoms. The largest absolute Gasteiger partial charge is 0.404 e. The zero-order valence-corrected chi connectivity index (χ0v) is 12.6. The Labute approximate surface area is 129 Å². The van der Waals surface area contributed by atoms with E-state index < -0.39 is 0 Å². The van der Waals surface area contributed by atoms with Crippen molar-refractivity contribution in [2.45, 2.75) is 12.1 Å². The number of hydrogen-bond donors (Lipinski definition) is 2. The first kappa shape index (κ1) is 14.1. The summed E-state index contributed by atoms with van der Waals surface area (Å²) in [6, 6.07) is 0.482. The number of likely N-dealkylation sites (N-methyl/N-ethyl adjacent to an activating group) is 1. The Morgan fingerprint density at radius 2 is 2.38 bits per heavy atom. The van der Waals surface area contributed by atoms with E-state index in [1.165, 1.54) is 0 Å². The molecular weight excluding hydrogens is 286 g/mol. The molecular formula is C15H18ClN5. The fourth-order valence-electron chi connectivity index (χ4n) is 2.39. The monoisotopic (exact) mass is 303 g/mol. The van der Waals surface area contributed by atoms with Gasteiger partial charge in [0.15, 0.2) is 0 Å². The predicted molar refractivity (Wildman–Crippen MR) is 87.6 cm³/mol. The number of nitrogens with one attached hydrogen (secondary N) is 1. The highest BCUT2D eigenvalue weighted by atomic mass is 35.5. The smallest absolute Gasteiger partial charge is 0.129 e. The highest BCUT2D eigenvalue weighted by Crippen LogP contribution is 2.27. The van der Waals surface area contributed by atoms with E-state index in [2.05, 4.69) is 26.4 Å². The minimum Gasteiger partial charge on any atom is -0.404 e. The van der Waals surface area contributed by atoms with Crippen LogP contribution in [0, 0.1) is 0 Å². The molecule has 0 amide bonds. The van der Waals surface area contributed by atoms with Gasteiger partial charge in [0.25, 0.3) is 0 Å². The van der Waals surface area contributed by atoms with E-state index in [-0.39, 0.29) is 6.04 Å². The molecule has 3 heterocycles. The van der Waals surface area contributed by atoms with Crippen LogP contribution < -0.4 is 11.1 Å². The van der Waals surface area contributed by atoms with Gasteiger partial charge in [-0.2, -0.15) is 0 Å². The van der Waals surface area contributed by atoms with E-state index >= 15 is 0 Å². The van der Waals surface area contributed by atoms with E-state index in [4.69, 9.17) is 17.3 Å². The van der Waals surface area contributed by atoms with Gasteiger partial charge in [0.1, 0.15) is 5.17 Å². The molecule has 6 heteroatoms. The van der Waals surface area contributed by atoms with Crippen molar-refractivity contribution in [1.29, 1.82) is 0 Å². The molecule has 1 unspecified atom stereocenters. The lowest BCUT2D eigenvalue weighted by molar-refractivity contribution is 0.412. The molecule has 1 atom stereocenters. The molecule has 0 aromatic carbocycles. The molecule has 0 saturated carbocycles. The van der Waals surface area contributed by atoms with Crippen molar-refractivity contribution in [2.75, 3.05) is 20.1 Å². The third-order valence-corrected chi connectivity index (χ3v) is 3.95. The zero-order valence-electron chi connectivity index (χ0n) is 11.8. The Balaban J connectivity index is 1.84. The van der Waals surface area contributed by atoms with Crippen molar-refractivity contribution in [3.8, 4) is 0 Å². The normalized spacial score (nSPS) is 26.2. The number of allylic oxidation sites excluding steroid dienone is 4. The van der Waals surface area contributed by atoms with Crippen molar-refractivity contribution < 1.29 is 0 Å². The number of halogens is 1. The Bertz CT molecular complexity index is 608. The van der Waals surface area contributed by atoms with E-state index in [9.17, 15) is 0 Å². The van der Waals surface area contributed by atoms with Gasteiger partial charge < -0.3 is 16.0 Å². The number of aliphatic imine (C=N–C) groups is 2. The Morgan fingerprint density at radius 3 is 3.05 bits per heavy atom. The van der Waals surface area contributed by atoms with E-state index in [0.717, 1.165) is 29.9 Å². The fourth-order valence-corrected chi connectivity index (χ4v) is 2.56. The van der Waals surface area contributed by atoms with E-state index in [1.807, 2.05) is 31.5 Å². The van der Waals surface area contributed by atoms with Gasteiger partial charge in [-0.05, 0) is 12.2 Å². The van der Waals surface area contributed by atoms with Crippen LogP contribution in [0.15, 0.2) is 57.5 Å². The molecule has 5 nitrogen and oxygen atoms in total. The van der Waals surface area contributed by atoms with Gasteiger partial charge in [0, 0.05) is 49.9 Å². The average molecular weight is 304 g/mol. The lowest BCUT2D eigenvalue weighted by atomic mass is 9.99. The van der Waals surface area contributed by atoms with Gasteiger partial charge in [-0.3, -0.25) is 4.99 Å². The van der Waals surface area contributed by atoms with Crippen molar-refractivity contribution in [3.63, 3.8) is 0 Å². The van der Waals surface area contributed by atoms with E-state index in [0.29, 0.717) is 11.2 Å². The molecule has 1 saturated heterocycles. The molecule has 1 fully saturated rings. The van der Waals surface area contributed by atoms with Gasteiger partial charge in [-0.25, -0.2) is 4.99 Å². The Morgan fingerprint density at radius 1 is 1.57 bits per heavy atom. The summed E-state index contributed by atoms with van der Waals surface area (Å²) in [6.07, 6.45) is 11.3. The fraction of sp³-hybridized carbons (Fsp3) is 0.333. The molecule has 0 radical (unpaired) electrons. The van der Waals surface area contributed by atoms with Crippen molar-refractivity contribution >= 4 is 23.0 Å². The first-order valence-corrected chi connectivity index (χ1v) is 7.29. The lowest BCUT2D eigenvalue weighted by Crippen LogP contribution is -2.45. The summed E-state index contributed by atoms with van der Waals surface area (Å²) < 4.78 is 0. The second-order valence-corrected chi connectivity index (χ2v) is 5.66. The number of nitrogens with two attached hydrogens (primary N) is 1. The first-order valence-electron chi connectivity index (χ1n) is 6.91. The summed E-state index contributed by atoms with van der Waals surface area (Å²) in [4.78, 5) is 11.0. The summed E-state index contributed by atoms with van der Waals surface area (Å²) in [6.45, 7) is 1.86. The molecule has 0 bridgehead atoms. The van der Waals surface area contributed by atoms with Gasteiger partial charge in [-0.1, -0.05) is 17.7 Å². The number of rotatable bonds is 3. The molecule has 3 aliphatic heterocycles. The molecule has 3 aliphatic rings. The van der Waals surface area contributed by atoms with Crippen LogP contribution in [-0.4, -0.2) is 48.5 Å². The van der Waals surface area contributed by atoms with Crippen molar-refractivity contribution in [2.24, 2.45) is 15.7 Å². The van der Waals surface area contributed by atoms with Crippen molar-refractivity contribution in [1.82, 2.24) is 10.2 Å². The topological polar surface area (TPSA) is 66.0 Å². The maximum atomic E-state index is 5.99. The van der Waals surface area contributed by atoms with Crippen LogP contribution >= 0.6 is 11.6 Å². The third-order valence-electron chi connectivity index (χ3n) is 3.74. The lowest BCUT2D eigenvalue weighted by Gasteiger charge is -2.31. The number of nitrogens with zero attached hydrogens (tertiary/aromatic N) is 3. The molecule has 3 rings (SSSR count). The van der Waals surface area contributed by atoms with Crippen LogP contribution in [0.1, 0.15) is 0 Å². The third kappa shape index (κ3) is 2.94. The van der Waals surface area contributed by atoms with Crippen LogP contribution in [0.25, 0.3) is 0 Å². The minimum atomic E-state index is 0.128. The second kappa shape index (κ2) is 5.87. The maximum Gasteiger partial charge on any atom is 0.129 e. The number of dihydropyridines is 1. The molecule has 3 N–H and O–H groups in total. The number of hydrogen-bond acceptors (Lipinski definition) is 5. The summed E-state index contributed by atoms with van der Waals surface area (Å²) >= 11 is 5.99. The SMILES string of the molecule is CN1C=C(C(C=NC2CNC2)=CN)C=C2N=C(Cl)C=CC21. The maximum absolute atomic E-state index is 5.99. The summed E-state index contributed by atoms with van der Waals surface area (Å²) in [5.74, 6) is 0. The molecule has 21 heavy (non-hydrogen) atoms. The quantitative estimate of drug-likeness (QED) is 0.769.